The number of benzene rings is 1. The van der Waals surface area contributed by atoms with Crippen LogP contribution in [0.3, 0.4) is 0 Å². The van der Waals surface area contributed by atoms with E-state index >= 15 is 0 Å². The second kappa shape index (κ2) is 6.15. The third kappa shape index (κ3) is 3.77. The summed E-state index contributed by atoms with van der Waals surface area (Å²) in [6, 6.07) is 11.9. The van der Waals surface area contributed by atoms with Crippen molar-refractivity contribution in [3.05, 3.63) is 52.4 Å². The number of aromatic nitrogens is 2. The van der Waals surface area contributed by atoms with Crippen molar-refractivity contribution in [2.75, 3.05) is 0 Å². The smallest absolute Gasteiger partial charge is 0.218 e. The van der Waals surface area contributed by atoms with Gasteiger partial charge < -0.3 is 4.74 Å². The Kier molecular flexibility index (Phi) is 4.53. The first kappa shape index (κ1) is 14.0. The quantitative estimate of drug-likeness (QED) is 0.778. The Labute approximate surface area is 122 Å². The molecule has 0 fully saturated rings. The van der Waals surface area contributed by atoms with Gasteiger partial charge in [0.1, 0.15) is 16.5 Å². The topological polar surface area (TPSA) is 35.0 Å². The minimum Gasteiger partial charge on any atom is -0.470 e. The second-order valence-corrected chi connectivity index (χ2v) is 5.53. The van der Waals surface area contributed by atoms with Crippen LogP contribution in [0.25, 0.3) is 0 Å². The summed E-state index contributed by atoms with van der Waals surface area (Å²) in [5, 5.41) is 0. The fraction of sp³-hybridized carbons (Fsp3) is 0.333. The van der Waals surface area contributed by atoms with E-state index < -0.39 is 0 Å². The monoisotopic (exact) mass is 320 g/mol. The summed E-state index contributed by atoms with van der Waals surface area (Å²) in [7, 11) is 0. The first-order valence-electron chi connectivity index (χ1n) is 6.32. The summed E-state index contributed by atoms with van der Waals surface area (Å²) in [4.78, 5) is 8.77. The van der Waals surface area contributed by atoms with E-state index in [2.05, 4.69) is 39.7 Å². The van der Waals surface area contributed by atoms with Crippen molar-refractivity contribution in [1.82, 2.24) is 9.97 Å². The molecule has 19 heavy (non-hydrogen) atoms. The summed E-state index contributed by atoms with van der Waals surface area (Å²) in [5.74, 6) is 1.65. The lowest BCUT2D eigenvalue weighted by Crippen LogP contribution is -2.07. The minimum absolute atomic E-state index is 0.0389. The normalized spacial score (nSPS) is 12.5. The van der Waals surface area contributed by atoms with E-state index in [0.29, 0.717) is 5.88 Å². The van der Waals surface area contributed by atoms with Gasteiger partial charge in [0.05, 0.1) is 0 Å². The molecule has 3 nitrogen and oxygen atoms in total. The molecule has 0 bridgehead atoms. The zero-order chi connectivity index (χ0) is 13.8. The molecule has 1 atom stereocenters. The molecule has 1 heterocycles. The Hall–Kier alpha value is -1.42. The van der Waals surface area contributed by atoms with Crippen LogP contribution >= 0.6 is 15.9 Å². The average Bonchev–Trinajstić information content (AvgIpc) is 2.39. The standard InChI is InChI=1S/C15H17BrN2O/c1-10(2)15-17-13(16)9-14(18-15)19-11(3)12-7-5-4-6-8-12/h4-11H,1-3H3. The van der Waals surface area contributed by atoms with Crippen molar-refractivity contribution < 1.29 is 4.74 Å². The Balaban J connectivity index is 2.19. The highest BCUT2D eigenvalue weighted by molar-refractivity contribution is 9.10. The van der Waals surface area contributed by atoms with Crippen LogP contribution < -0.4 is 4.74 Å². The van der Waals surface area contributed by atoms with Crippen LogP contribution in [0, 0.1) is 0 Å². The van der Waals surface area contributed by atoms with Gasteiger partial charge in [0.25, 0.3) is 0 Å². The SMILES string of the molecule is CC(C)c1nc(Br)cc(OC(C)c2ccccc2)n1. The second-order valence-electron chi connectivity index (χ2n) is 4.71. The molecule has 0 aliphatic carbocycles. The minimum atomic E-state index is -0.0389. The number of hydrogen-bond acceptors (Lipinski definition) is 3. The van der Waals surface area contributed by atoms with Gasteiger partial charge in [-0.3, -0.25) is 0 Å². The highest BCUT2D eigenvalue weighted by Gasteiger charge is 2.11. The molecule has 0 spiro atoms. The third-order valence-corrected chi connectivity index (χ3v) is 3.18. The van der Waals surface area contributed by atoms with Crippen molar-refractivity contribution in [3.8, 4) is 5.88 Å². The molecule has 0 N–H and O–H groups in total. The number of nitrogens with zero attached hydrogens (tertiary/aromatic N) is 2. The highest BCUT2D eigenvalue weighted by Crippen LogP contribution is 2.23. The van der Waals surface area contributed by atoms with Gasteiger partial charge in [-0.2, -0.15) is 4.98 Å². The van der Waals surface area contributed by atoms with Crippen molar-refractivity contribution in [1.29, 1.82) is 0 Å². The fourth-order valence-corrected chi connectivity index (χ4v) is 2.08. The van der Waals surface area contributed by atoms with Crippen LogP contribution in [-0.4, -0.2) is 9.97 Å². The molecule has 0 amide bonds. The van der Waals surface area contributed by atoms with Crippen molar-refractivity contribution in [3.63, 3.8) is 0 Å². The van der Waals surface area contributed by atoms with Gasteiger partial charge in [-0.15, -0.1) is 0 Å². The molecule has 2 aromatic rings. The maximum Gasteiger partial charge on any atom is 0.218 e. The molecule has 0 saturated carbocycles. The van der Waals surface area contributed by atoms with Gasteiger partial charge in [0.2, 0.25) is 5.88 Å². The lowest BCUT2D eigenvalue weighted by atomic mass is 10.1. The summed E-state index contributed by atoms with van der Waals surface area (Å²) in [6.07, 6.45) is -0.0389. The predicted molar refractivity (Wildman–Crippen MR) is 79.3 cm³/mol. The van der Waals surface area contributed by atoms with Crippen molar-refractivity contribution >= 4 is 15.9 Å². The number of ether oxygens (including phenoxy) is 1. The molecular weight excluding hydrogens is 304 g/mol. The van der Waals surface area contributed by atoms with E-state index in [4.69, 9.17) is 4.74 Å². The third-order valence-electron chi connectivity index (χ3n) is 2.77. The first-order chi connectivity index (χ1) is 9.06. The molecule has 0 saturated heterocycles. The van der Waals surface area contributed by atoms with E-state index in [1.54, 1.807) is 6.07 Å². The van der Waals surface area contributed by atoms with E-state index in [1.165, 1.54) is 0 Å². The summed E-state index contributed by atoms with van der Waals surface area (Å²) >= 11 is 3.40. The van der Waals surface area contributed by atoms with Gasteiger partial charge in [-0.25, -0.2) is 4.98 Å². The van der Waals surface area contributed by atoms with Gasteiger partial charge in [-0.1, -0.05) is 44.2 Å². The Morgan fingerprint density at radius 2 is 1.74 bits per heavy atom. The van der Waals surface area contributed by atoms with Crippen LogP contribution in [0.1, 0.15) is 44.2 Å². The molecule has 0 aliphatic heterocycles. The molecule has 1 aromatic heterocycles. The largest absolute Gasteiger partial charge is 0.470 e. The van der Waals surface area contributed by atoms with Gasteiger partial charge in [0, 0.05) is 12.0 Å². The zero-order valence-corrected chi connectivity index (χ0v) is 12.9. The first-order valence-corrected chi connectivity index (χ1v) is 7.11. The molecule has 1 unspecified atom stereocenters. The predicted octanol–water partition coefficient (Wildman–Crippen LogP) is 4.50. The van der Waals surface area contributed by atoms with Crippen molar-refractivity contribution in [2.24, 2.45) is 0 Å². The Morgan fingerprint density at radius 1 is 1.05 bits per heavy atom. The van der Waals surface area contributed by atoms with Crippen LogP contribution in [0.5, 0.6) is 5.88 Å². The molecule has 1 aromatic carbocycles. The number of rotatable bonds is 4. The lowest BCUT2D eigenvalue weighted by molar-refractivity contribution is 0.216. The summed E-state index contributed by atoms with van der Waals surface area (Å²) in [6.45, 7) is 6.14. The van der Waals surface area contributed by atoms with Crippen LogP contribution in [0.2, 0.25) is 0 Å². The molecule has 4 heteroatoms. The Morgan fingerprint density at radius 3 is 2.37 bits per heavy atom. The summed E-state index contributed by atoms with van der Waals surface area (Å²) in [5.41, 5.74) is 1.13. The fourth-order valence-electron chi connectivity index (χ4n) is 1.71. The van der Waals surface area contributed by atoms with Gasteiger partial charge >= 0.3 is 0 Å². The Bertz CT molecular complexity index is 543. The van der Waals surface area contributed by atoms with E-state index in [1.807, 2.05) is 37.3 Å². The highest BCUT2D eigenvalue weighted by atomic mass is 79.9. The molecule has 0 aliphatic rings. The maximum absolute atomic E-state index is 5.89. The number of halogens is 1. The molecule has 2 rings (SSSR count). The number of hydrogen-bond donors (Lipinski definition) is 0. The van der Waals surface area contributed by atoms with Crippen LogP contribution in [0.4, 0.5) is 0 Å². The van der Waals surface area contributed by atoms with Crippen molar-refractivity contribution in [2.45, 2.75) is 32.8 Å². The lowest BCUT2D eigenvalue weighted by Gasteiger charge is -2.15. The van der Waals surface area contributed by atoms with Crippen LogP contribution in [0.15, 0.2) is 41.0 Å². The van der Waals surface area contributed by atoms with E-state index in [0.717, 1.165) is 16.0 Å². The molecular formula is C15H17BrN2O. The van der Waals surface area contributed by atoms with E-state index in [9.17, 15) is 0 Å². The van der Waals surface area contributed by atoms with Gasteiger partial charge in [-0.05, 0) is 28.4 Å². The van der Waals surface area contributed by atoms with Gasteiger partial charge in [0.15, 0.2) is 0 Å². The van der Waals surface area contributed by atoms with Crippen LogP contribution in [-0.2, 0) is 0 Å². The maximum atomic E-state index is 5.89. The van der Waals surface area contributed by atoms with E-state index in [-0.39, 0.29) is 12.0 Å². The average molecular weight is 321 g/mol. The zero-order valence-electron chi connectivity index (χ0n) is 11.3. The summed E-state index contributed by atoms with van der Waals surface area (Å²) < 4.78 is 6.64. The molecule has 0 radical (unpaired) electrons. The molecule has 100 valence electrons.